The number of rotatable bonds is 28. The van der Waals surface area contributed by atoms with E-state index in [0.717, 1.165) is 38.4 Å². The van der Waals surface area contributed by atoms with Gasteiger partial charge in [-0.1, -0.05) is 76.8 Å². The van der Waals surface area contributed by atoms with Gasteiger partial charge < -0.3 is 37.9 Å². The monoisotopic (exact) mass is 960 g/mol. The number of esters is 6. The third-order valence-corrected chi connectivity index (χ3v) is 11.7. The zero-order valence-electron chi connectivity index (χ0n) is 41.2. The van der Waals surface area contributed by atoms with Gasteiger partial charge in [-0.2, -0.15) is 0 Å². The van der Waals surface area contributed by atoms with Gasteiger partial charge in [0, 0.05) is 22.3 Å². The molecule has 376 valence electrons. The highest BCUT2D eigenvalue weighted by Crippen LogP contribution is 2.40. The summed E-state index contributed by atoms with van der Waals surface area (Å²) < 4.78 is 60.1. The van der Waals surface area contributed by atoms with Crippen molar-refractivity contribution in [2.75, 3.05) is 53.9 Å². The molecule has 15 heteroatoms. The lowest BCUT2D eigenvalue weighted by molar-refractivity contribution is -0.165. The number of carbonyl (C=O) groups excluding carboxylic acids is 6. The van der Waals surface area contributed by atoms with Gasteiger partial charge in [-0.25, -0.2) is 33.2 Å². The molecule has 69 heavy (non-hydrogen) atoms. The minimum atomic E-state index is -1.61. The second-order valence-corrected chi connectivity index (χ2v) is 17.6. The first-order chi connectivity index (χ1) is 32.9. The first-order valence-electron chi connectivity index (χ1n) is 23.3. The maximum Gasteiger partial charge on any atom is 0.417 e. The quantitative estimate of drug-likeness (QED) is 0.0150. The maximum atomic E-state index is 16.5. The zero-order chi connectivity index (χ0) is 51.1. The van der Waals surface area contributed by atoms with Crippen LogP contribution >= 0.6 is 0 Å². The largest absolute Gasteiger partial charge is 0.492 e. The average molecular weight is 961 g/mol. The van der Waals surface area contributed by atoms with Crippen LogP contribution in [0.25, 0.3) is 11.1 Å². The summed E-state index contributed by atoms with van der Waals surface area (Å²) in [6.07, 6.45) is 9.88. The van der Waals surface area contributed by atoms with E-state index in [0.29, 0.717) is 28.2 Å². The number of carbonyl (C=O) groups is 6. The lowest BCUT2D eigenvalue weighted by atomic mass is 9.77. The number of methoxy groups -OCH3 is 2. The predicted molar refractivity (Wildman–Crippen MR) is 256 cm³/mol. The summed E-state index contributed by atoms with van der Waals surface area (Å²) in [6.45, 7) is 18.7. The fourth-order valence-electron chi connectivity index (χ4n) is 7.74. The number of unbranched alkanes of at least 4 members (excludes halogenated alkanes) is 2. The minimum absolute atomic E-state index is 0.00959. The Morgan fingerprint density at radius 2 is 1.17 bits per heavy atom. The van der Waals surface area contributed by atoms with Gasteiger partial charge in [0.15, 0.2) is 0 Å². The van der Waals surface area contributed by atoms with Crippen LogP contribution in [0.2, 0.25) is 0 Å². The fourth-order valence-corrected chi connectivity index (χ4v) is 7.74. The van der Waals surface area contributed by atoms with Gasteiger partial charge in [0.05, 0.1) is 27.4 Å². The molecule has 1 aliphatic rings. The van der Waals surface area contributed by atoms with Gasteiger partial charge in [-0.05, 0) is 124 Å². The molecule has 1 aliphatic carbocycles. The number of halogens is 1. The Labute approximate surface area is 405 Å². The molecular weight excluding hydrogens is 892 g/mol. The second-order valence-electron chi connectivity index (χ2n) is 17.6. The van der Waals surface area contributed by atoms with Crippen molar-refractivity contribution < 1.29 is 71.1 Å². The van der Waals surface area contributed by atoms with Gasteiger partial charge in [0.2, 0.25) is 5.76 Å². The van der Waals surface area contributed by atoms with Crippen LogP contribution in [0.1, 0.15) is 115 Å². The summed E-state index contributed by atoms with van der Waals surface area (Å²) in [5, 5.41) is 0. The van der Waals surface area contributed by atoms with E-state index >= 15 is 4.39 Å². The highest BCUT2D eigenvalue weighted by molar-refractivity contribution is 6.29. The average Bonchev–Trinajstić information content (AvgIpc) is 3.33. The molecule has 0 spiro atoms. The molecule has 2 aromatic rings. The molecule has 0 atom stereocenters. The molecule has 0 aromatic heterocycles. The highest BCUT2D eigenvalue weighted by Gasteiger charge is 2.39. The van der Waals surface area contributed by atoms with Crippen molar-refractivity contribution in [2.24, 2.45) is 11.3 Å². The lowest BCUT2D eigenvalue weighted by Gasteiger charge is -2.33. The van der Waals surface area contributed by atoms with Crippen molar-refractivity contribution >= 4 is 35.8 Å². The number of aryl methyl sites for hydroxylation is 2. The molecule has 0 amide bonds. The molecule has 1 saturated carbocycles. The summed E-state index contributed by atoms with van der Waals surface area (Å²) in [6, 6.07) is 8.85. The van der Waals surface area contributed by atoms with E-state index in [-0.39, 0.29) is 73.0 Å². The molecule has 0 N–H and O–H groups in total. The van der Waals surface area contributed by atoms with Gasteiger partial charge in [-0.3, -0.25) is 0 Å². The Hall–Kier alpha value is -6.47. The van der Waals surface area contributed by atoms with E-state index in [4.69, 9.17) is 33.2 Å². The zero-order valence-corrected chi connectivity index (χ0v) is 41.2. The summed E-state index contributed by atoms with van der Waals surface area (Å²) in [5.74, 6) is -5.08. The van der Waals surface area contributed by atoms with Crippen LogP contribution in [-0.2, 0) is 74.8 Å². The number of benzene rings is 2. The van der Waals surface area contributed by atoms with Gasteiger partial charge in [-0.15, -0.1) is 0 Å². The number of hydrogen-bond donors (Lipinski definition) is 0. The van der Waals surface area contributed by atoms with Crippen LogP contribution in [-0.4, -0.2) is 89.7 Å². The molecule has 0 saturated heterocycles. The molecule has 1 fully saturated rings. The van der Waals surface area contributed by atoms with Gasteiger partial charge >= 0.3 is 35.8 Å². The van der Waals surface area contributed by atoms with E-state index in [9.17, 15) is 28.8 Å². The van der Waals surface area contributed by atoms with Crippen molar-refractivity contribution in [2.45, 2.75) is 111 Å². The first kappa shape index (κ1) is 56.9. The Bertz CT molecular complexity index is 2200. The summed E-state index contributed by atoms with van der Waals surface area (Å²) in [5.41, 5.74) is 3.85. The third-order valence-electron chi connectivity index (χ3n) is 11.7. The van der Waals surface area contributed by atoms with Crippen LogP contribution in [0.3, 0.4) is 0 Å². The minimum Gasteiger partial charge on any atom is -0.492 e. The SMILES string of the molecule is C=C=C(OC)C(=O)OCC(COC(=O)C(=C)C)(COC(=O)C(=C)C)COc1c(CCCOC(=O)C(=C)C)cc(-c2ccc(C3CCC(CCCCC)CC3)cc2F)cc1CCCOC(=O)C(=O)OC. The molecule has 0 bridgehead atoms. The topological polar surface area (TPSA) is 176 Å². The van der Waals surface area contributed by atoms with E-state index in [2.05, 4.69) is 43.7 Å². The van der Waals surface area contributed by atoms with E-state index in [1.807, 2.05) is 6.07 Å². The predicted octanol–water partition coefficient (Wildman–Crippen LogP) is 9.51. The number of ether oxygens (including phenoxy) is 8. The Kier molecular flexibility index (Phi) is 23.7. The molecule has 0 heterocycles. The highest BCUT2D eigenvalue weighted by atomic mass is 19.1. The normalized spacial score (nSPS) is 14.2. The van der Waals surface area contributed by atoms with Crippen molar-refractivity contribution in [1.82, 2.24) is 0 Å². The van der Waals surface area contributed by atoms with Crippen molar-refractivity contribution in [3.05, 3.63) is 107 Å². The first-order valence-corrected chi connectivity index (χ1v) is 23.3. The molecule has 0 radical (unpaired) electrons. The Balaban J connectivity index is 2.19. The summed E-state index contributed by atoms with van der Waals surface area (Å²) >= 11 is 0. The van der Waals surface area contributed by atoms with Crippen molar-refractivity contribution in [3.8, 4) is 16.9 Å². The van der Waals surface area contributed by atoms with Crippen LogP contribution < -0.4 is 4.74 Å². The smallest absolute Gasteiger partial charge is 0.417 e. The summed E-state index contributed by atoms with van der Waals surface area (Å²) in [4.78, 5) is 75.1. The molecule has 14 nitrogen and oxygen atoms in total. The van der Waals surface area contributed by atoms with Crippen LogP contribution in [0, 0.1) is 17.2 Å². The molecular formula is C54H69FO14. The van der Waals surface area contributed by atoms with Crippen molar-refractivity contribution in [3.63, 3.8) is 0 Å². The molecule has 3 rings (SSSR count). The third kappa shape index (κ3) is 18.2. The Morgan fingerprint density at radius 1 is 0.652 bits per heavy atom. The fraction of sp³-hybridized carbons (Fsp3) is 0.500. The van der Waals surface area contributed by atoms with E-state index < -0.39 is 73.5 Å². The van der Waals surface area contributed by atoms with E-state index in [1.54, 1.807) is 24.3 Å². The standard InChI is InChI=1S/C54H69FO14/c1-11-13-14-17-38-20-22-39(23-21-38)40-24-25-44(45(55)30-40)43-28-41(18-15-26-64-48(56)35(3)4)47(42(29-43)19-16-27-65-53(61)52(60)63-10)66-31-54(32-67-49(57)36(5)6,33-68-50(58)37(7)8)34-69-51(59)46(12-2)62-9/h24-25,28-30,38-39H,2-3,5,7,11,13-23,26-27,31-34H2,1,4,6,8-10H3. The second kappa shape index (κ2) is 28.8. The van der Waals surface area contributed by atoms with Crippen LogP contribution in [0.5, 0.6) is 5.75 Å². The van der Waals surface area contributed by atoms with Crippen molar-refractivity contribution in [1.29, 1.82) is 0 Å². The molecule has 0 unspecified atom stereocenters. The maximum absolute atomic E-state index is 16.5. The molecule has 0 aliphatic heterocycles. The van der Waals surface area contributed by atoms with Crippen LogP contribution in [0.4, 0.5) is 4.39 Å². The van der Waals surface area contributed by atoms with Crippen LogP contribution in [0.15, 0.2) is 84.9 Å². The van der Waals surface area contributed by atoms with E-state index in [1.165, 1.54) is 53.6 Å². The lowest BCUT2D eigenvalue weighted by Crippen LogP contribution is -2.44. The van der Waals surface area contributed by atoms with Gasteiger partial charge in [0.1, 0.15) is 43.4 Å². The molecule has 2 aromatic carbocycles. The Morgan fingerprint density at radius 3 is 1.65 bits per heavy atom. The number of hydrogen-bond acceptors (Lipinski definition) is 14. The van der Waals surface area contributed by atoms with Gasteiger partial charge in [0.25, 0.3) is 0 Å². The summed E-state index contributed by atoms with van der Waals surface area (Å²) in [7, 11) is 2.27.